The van der Waals surface area contributed by atoms with Gasteiger partial charge in [-0.25, -0.2) is 0 Å². The van der Waals surface area contributed by atoms with Crippen LogP contribution in [0.15, 0.2) is 16.9 Å². The van der Waals surface area contributed by atoms with Crippen molar-refractivity contribution < 1.29 is 0 Å². The summed E-state index contributed by atoms with van der Waals surface area (Å²) < 4.78 is 0.939. The summed E-state index contributed by atoms with van der Waals surface area (Å²) in [7, 11) is 0. The van der Waals surface area contributed by atoms with E-state index in [4.69, 9.17) is 5.73 Å². The third kappa shape index (κ3) is 3.09. The van der Waals surface area contributed by atoms with Gasteiger partial charge in [0, 0.05) is 12.7 Å². The van der Waals surface area contributed by atoms with E-state index in [2.05, 4.69) is 26.2 Å². The summed E-state index contributed by atoms with van der Waals surface area (Å²) in [6, 6.07) is 0. The molecule has 0 unspecified atom stereocenters. The van der Waals surface area contributed by atoms with Gasteiger partial charge in [0.05, 0.1) is 22.0 Å². The molecule has 0 radical (unpaired) electrons. The van der Waals surface area contributed by atoms with Gasteiger partial charge in [-0.3, -0.25) is 4.98 Å². The van der Waals surface area contributed by atoms with E-state index in [0.717, 1.165) is 22.6 Å². The average Bonchev–Trinajstić information content (AvgIpc) is 3.00. The van der Waals surface area contributed by atoms with Crippen molar-refractivity contribution in [2.75, 3.05) is 17.6 Å². The van der Waals surface area contributed by atoms with Crippen molar-refractivity contribution >= 4 is 27.3 Å². The van der Waals surface area contributed by atoms with Crippen molar-refractivity contribution in [1.82, 2.24) is 4.98 Å². The Morgan fingerprint density at radius 1 is 1.47 bits per heavy atom. The number of nitrogens with one attached hydrogen (secondary N) is 1. The second-order valence-corrected chi connectivity index (χ2v) is 4.95. The maximum atomic E-state index is 5.82. The van der Waals surface area contributed by atoms with E-state index in [1.54, 1.807) is 12.4 Å². The van der Waals surface area contributed by atoms with Crippen LogP contribution in [0.4, 0.5) is 11.4 Å². The first-order chi connectivity index (χ1) is 7.27. The number of anilines is 2. The molecule has 0 bridgehead atoms. The largest absolute Gasteiger partial charge is 0.396 e. The van der Waals surface area contributed by atoms with Crippen LogP contribution < -0.4 is 11.1 Å². The monoisotopic (exact) mass is 269 g/mol. The molecule has 0 aliphatic heterocycles. The Hall–Kier alpha value is -0.770. The molecule has 4 heteroatoms. The minimum atomic E-state index is 0.704. The molecule has 0 aromatic carbocycles. The van der Waals surface area contributed by atoms with Gasteiger partial charge in [0.2, 0.25) is 0 Å². The van der Waals surface area contributed by atoms with Crippen molar-refractivity contribution in [2.45, 2.75) is 25.7 Å². The molecule has 1 fully saturated rings. The van der Waals surface area contributed by atoms with Crippen molar-refractivity contribution in [1.29, 1.82) is 0 Å². The number of aromatic nitrogens is 1. The maximum absolute atomic E-state index is 5.82. The van der Waals surface area contributed by atoms with Crippen LogP contribution in [-0.4, -0.2) is 11.5 Å². The van der Waals surface area contributed by atoms with Gasteiger partial charge in [0.1, 0.15) is 0 Å². The number of rotatable bonds is 5. The Bertz CT molecular complexity index is 316. The molecule has 1 aliphatic rings. The number of nitrogens with two attached hydrogens (primary N) is 1. The van der Waals surface area contributed by atoms with Crippen LogP contribution >= 0.6 is 15.9 Å². The van der Waals surface area contributed by atoms with Gasteiger partial charge in [0.25, 0.3) is 0 Å². The van der Waals surface area contributed by atoms with Crippen LogP contribution in [0.2, 0.25) is 0 Å². The number of halogens is 1. The lowest BCUT2D eigenvalue weighted by atomic mass is 10.2. The normalized spacial score (nSPS) is 15.3. The van der Waals surface area contributed by atoms with Crippen LogP contribution in [0.5, 0.6) is 0 Å². The molecular weight excluding hydrogens is 254 g/mol. The zero-order valence-corrected chi connectivity index (χ0v) is 10.3. The molecule has 82 valence electrons. The highest BCUT2D eigenvalue weighted by atomic mass is 79.9. The van der Waals surface area contributed by atoms with E-state index in [-0.39, 0.29) is 0 Å². The van der Waals surface area contributed by atoms with Gasteiger partial charge >= 0.3 is 0 Å². The SMILES string of the molecule is Nc1cncc(Br)c1NCCCC1CC1. The molecule has 3 N–H and O–H groups in total. The highest BCUT2D eigenvalue weighted by molar-refractivity contribution is 9.10. The molecule has 0 saturated heterocycles. The molecule has 15 heavy (non-hydrogen) atoms. The number of hydrogen-bond acceptors (Lipinski definition) is 3. The Labute approximate surface area is 98.6 Å². The zero-order valence-electron chi connectivity index (χ0n) is 8.67. The average molecular weight is 270 g/mol. The Morgan fingerprint density at radius 2 is 2.27 bits per heavy atom. The highest BCUT2D eigenvalue weighted by Gasteiger charge is 2.19. The summed E-state index contributed by atoms with van der Waals surface area (Å²) >= 11 is 3.44. The summed E-state index contributed by atoms with van der Waals surface area (Å²) in [6.45, 7) is 0.989. The zero-order chi connectivity index (χ0) is 10.7. The van der Waals surface area contributed by atoms with Gasteiger partial charge in [-0.2, -0.15) is 0 Å². The number of nitrogens with zero attached hydrogens (tertiary/aromatic N) is 1. The van der Waals surface area contributed by atoms with Crippen molar-refractivity contribution in [3.8, 4) is 0 Å². The first kappa shape index (κ1) is 10.7. The predicted molar refractivity (Wildman–Crippen MR) is 66.8 cm³/mol. The Kier molecular flexibility index (Phi) is 3.46. The van der Waals surface area contributed by atoms with Crippen LogP contribution in [0.25, 0.3) is 0 Å². The van der Waals surface area contributed by atoms with E-state index in [9.17, 15) is 0 Å². The molecule has 1 aromatic heterocycles. The van der Waals surface area contributed by atoms with E-state index >= 15 is 0 Å². The first-order valence-electron chi connectivity index (χ1n) is 5.40. The summed E-state index contributed by atoms with van der Waals surface area (Å²) in [5, 5.41) is 3.35. The minimum Gasteiger partial charge on any atom is -0.396 e. The standard InChI is InChI=1S/C11H16BrN3/c12-9-6-14-7-10(13)11(9)15-5-1-2-8-3-4-8/h6-8H,1-5,13H2,(H,14,15). The lowest BCUT2D eigenvalue weighted by molar-refractivity contribution is 0.687. The van der Waals surface area contributed by atoms with Gasteiger partial charge < -0.3 is 11.1 Å². The molecule has 3 nitrogen and oxygen atoms in total. The fraction of sp³-hybridized carbons (Fsp3) is 0.545. The molecule has 1 aromatic rings. The third-order valence-electron chi connectivity index (χ3n) is 2.72. The number of hydrogen-bond donors (Lipinski definition) is 2. The second-order valence-electron chi connectivity index (χ2n) is 4.10. The fourth-order valence-corrected chi connectivity index (χ4v) is 2.13. The first-order valence-corrected chi connectivity index (χ1v) is 6.19. The molecule has 1 saturated carbocycles. The second kappa shape index (κ2) is 4.84. The van der Waals surface area contributed by atoms with E-state index in [1.807, 2.05) is 0 Å². The van der Waals surface area contributed by atoms with Crippen molar-refractivity contribution in [3.63, 3.8) is 0 Å². The summed E-state index contributed by atoms with van der Waals surface area (Å²) in [6.07, 6.45) is 8.87. The number of nitrogen functional groups attached to an aromatic ring is 1. The van der Waals surface area contributed by atoms with E-state index in [1.165, 1.54) is 25.7 Å². The van der Waals surface area contributed by atoms with Gasteiger partial charge in [-0.05, 0) is 34.7 Å². The topological polar surface area (TPSA) is 50.9 Å². The molecule has 1 heterocycles. The van der Waals surface area contributed by atoms with Crippen LogP contribution in [0, 0.1) is 5.92 Å². The highest BCUT2D eigenvalue weighted by Crippen LogP contribution is 2.33. The molecule has 0 atom stereocenters. The summed E-state index contributed by atoms with van der Waals surface area (Å²) in [5.74, 6) is 1.00. The maximum Gasteiger partial charge on any atom is 0.0750 e. The quantitative estimate of drug-likeness (QED) is 0.808. The van der Waals surface area contributed by atoms with E-state index in [0.29, 0.717) is 5.69 Å². The van der Waals surface area contributed by atoms with Crippen molar-refractivity contribution in [2.24, 2.45) is 5.92 Å². The number of pyridine rings is 1. The van der Waals surface area contributed by atoms with Crippen LogP contribution in [0.1, 0.15) is 25.7 Å². The minimum absolute atomic E-state index is 0.704. The predicted octanol–water partition coefficient (Wildman–Crippen LogP) is 3.03. The molecule has 0 spiro atoms. The molecule has 1 aliphatic carbocycles. The molecule has 0 amide bonds. The fourth-order valence-electron chi connectivity index (χ4n) is 1.65. The van der Waals surface area contributed by atoms with Crippen LogP contribution in [-0.2, 0) is 0 Å². The molecule has 2 rings (SSSR count). The Balaban J connectivity index is 1.80. The van der Waals surface area contributed by atoms with Crippen molar-refractivity contribution in [3.05, 3.63) is 16.9 Å². The van der Waals surface area contributed by atoms with E-state index < -0.39 is 0 Å². The van der Waals surface area contributed by atoms with Gasteiger partial charge in [0.15, 0.2) is 0 Å². The summed E-state index contributed by atoms with van der Waals surface area (Å²) in [5.41, 5.74) is 7.50. The van der Waals surface area contributed by atoms with Gasteiger partial charge in [-0.15, -0.1) is 0 Å². The van der Waals surface area contributed by atoms with Crippen LogP contribution in [0.3, 0.4) is 0 Å². The van der Waals surface area contributed by atoms with Gasteiger partial charge in [-0.1, -0.05) is 12.8 Å². The lowest BCUT2D eigenvalue weighted by Crippen LogP contribution is -2.05. The molecular formula is C11H16BrN3. The smallest absolute Gasteiger partial charge is 0.0750 e. The Morgan fingerprint density at radius 3 is 2.93 bits per heavy atom. The lowest BCUT2D eigenvalue weighted by Gasteiger charge is -2.10. The third-order valence-corrected chi connectivity index (χ3v) is 3.32. The summed E-state index contributed by atoms with van der Waals surface area (Å²) in [4.78, 5) is 4.00.